The van der Waals surface area contributed by atoms with E-state index in [0.29, 0.717) is 5.57 Å². The van der Waals surface area contributed by atoms with Crippen molar-refractivity contribution in [2.45, 2.75) is 38.6 Å². The van der Waals surface area contributed by atoms with Gasteiger partial charge in [-0.3, -0.25) is 24.1 Å². The van der Waals surface area contributed by atoms with Crippen LogP contribution < -0.4 is 4.74 Å². The Morgan fingerprint density at radius 3 is 2.58 bits per heavy atom. The summed E-state index contributed by atoms with van der Waals surface area (Å²) in [6.07, 6.45) is -1.87. The molecule has 2 heterocycles. The molecule has 0 bridgehead atoms. The van der Waals surface area contributed by atoms with E-state index in [-0.39, 0.29) is 53.5 Å². The van der Waals surface area contributed by atoms with Gasteiger partial charge in [0.15, 0.2) is 11.6 Å². The number of thiophene rings is 1. The molecule has 3 aliphatic carbocycles. The van der Waals surface area contributed by atoms with Gasteiger partial charge in [0.05, 0.1) is 18.4 Å². The Balaban J connectivity index is 1.47. The van der Waals surface area contributed by atoms with E-state index >= 15 is 0 Å². The number of likely N-dealkylation sites (tertiary alicyclic amines) is 1. The monoisotopic (exact) mass is 569 g/mol. The Labute approximate surface area is 230 Å². The first-order valence-electron chi connectivity index (χ1n) is 12.6. The van der Waals surface area contributed by atoms with Crippen LogP contribution in [0.2, 0.25) is 0 Å². The number of phenolic OH excluding ortho intramolecular Hbond substituents is 1. The zero-order chi connectivity index (χ0) is 28.5. The van der Waals surface area contributed by atoms with Gasteiger partial charge >= 0.3 is 6.36 Å². The Bertz CT molecular complexity index is 1570. The number of imide groups is 1. The molecule has 1 saturated heterocycles. The number of nitrogens with zero attached hydrogens (tertiary/aromatic N) is 1. The number of hydrogen-bond acceptors (Lipinski definition) is 7. The SMILES string of the molecule is CC1=CC(=O)C2=C(C[C@@H]3C(=CC[C@@H]4C(=O)N(Cc5cccs5)C(=O)[C@@H]43)[C@@H]2c2cc(OC(F)(F)F)ccc2O)C1=O. The van der Waals surface area contributed by atoms with Gasteiger partial charge in [0.2, 0.25) is 11.8 Å². The van der Waals surface area contributed by atoms with Crippen molar-refractivity contribution in [2.24, 2.45) is 17.8 Å². The number of halogens is 3. The van der Waals surface area contributed by atoms with E-state index in [4.69, 9.17) is 0 Å². The molecule has 1 aromatic carbocycles. The Morgan fingerprint density at radius 2 is 1.88 bits per heavy atom. The molecule has 2 amide bonds. The van der Waals surface area contributed by atoms with Gasteiger partial charge in [-0.25, -0.2) is 0 Å². The molecule has 1 aromatic heterocycles. The number of rotatable bonds is 4. The van der Waals surface area contributed by atoms with Crippen molar-refractivity contribution >= 4 is 34.7 Å². The van der Waals surface area contributed by atoms with E-state index in [1.54, 1.807) is 6.08 Å². The predicted molar refractivity (Wildman–Crippen MR) is 136 cm³/mol. The van der Waals surface area contributed by atoms with Crippen LogP contribution in [0.25, 0.3) is 0 Å². The average molecular weight is 570 g/mol. The first kappa shape index (κ1) is 26.2. The summed E-state index contributed by atoms with van der Waals surface area (Å²) in [5, 5.41) is 12.7. The van der Waals surface area contributed by atoms with Crippen molar-refractivity contribution in [2.75, 3.05) is 0 Å². The molecule has 6 rings (SSSR count). The molecule has 0 saturated carbocycles. The van der Waals surface area contributed by atoms with Crippen LogP contribution in [0, 0.1) is 17.8 Å². The van der Waals surface area contributed by atoms with Crippen molar-refractivity contribution in [1.29, 1.82) is 0 Å². The highest BCUT2D eigenvalue weighted by Crippen LogP contribution is 2.56. The second-order valence-corrected chi connectivity index (χ2v) is 11.4. The molecule has 4 atom stereocenters. The van der Waals surface area contributed by atoms with Crippen LogP contribution in [0.4, 0.5) is 13.2 Å². The molecule has 0 spiro atoms. The number of ketones is 2. The zero-order valence-corrected chi connectivity index (χ0v) is 21.8. The fraction of sp³-hybridized carbons (Fsp3) is 0.310. The summed E-state index contributed by atoms with van der Waals surface area (Å²) in [5.74, 6) is -5.84. The summed E-state index contributed by atoms with van der Waals surface area (Å²) in [4.78, 5) is 55.8. The van der Waals surface area contributed by atoms with Crippen LogP contribution in [0.15, 0.2) is 70.2 Å². The highest BCUT2D eigenvalue weighted by atomic mass is 32.1. The largest absolute Gasteiger partial charge is 0.573 e. The minimum absolute atomic E-state index is 0.0277. The van der Waals surface area contributed by atoms with E-state index in [9.17, 15) is 37.5 Å². The molecule has 0 unspecified atom stereocenters. The molecule has 40 heavy (non-hydrogen) atoms. The number of aromatic hydroxyl groups is 1. The number of fused-ring (bicyclic) bond motifs is 3. The number of carbonyl (C=O) groups excluding carboxylic acids is 4. The number of carbonyl (C=O) groups is 4. The Kier molecular flexibility index (Phi) is 6.10. The number of allylic oxidation sites excluding steroid dienone is 6. The van der Waals surface area contributed by atoms with Gasteiger partial charge in [-0.1, -0.05) is 17.7 Å². The molecule has 11 heteroatoms. The quantitative estimate of drug-likeness (QED) is 0.317. The maximum atomic E-state index is 13.7. The highest BCUT2D eigenvalue weighted by molar-refractivity contribution is 7.09. The lowest BCUT2D eigenvalue weighted by Gasteiger charge is -2.42. The molecular weight excluding hydrogens is 547 g/mol. The van der Waals surface area contributed by atoms with Crippen LogP contribution in [0.1, 0.15) is 36.1 Å². The van der Waals surface area contributed by atoms with Gasteiger partial charge in [-0.2, -0.15) is 0 Å². The molecule has 2 aromatic rings. The number of ether oxygens (including phenoxy) is 1. The van der Waals surface area contributed by atoms with Gasteiger partial charge in [0.1, 0.15) is 11.5 Å². The summed E-state index contributed by atoms with van der Waals surface area (Å²) >= 11 is 1.42. The van der Waals surface area contributed by atoms with Crippen molar-refractivity contribution in [3.63, 3.8) is 0 Å². The van der Waals surface area contributed by atoms with Gasteiger partial charge in [0.25, 0.3) is 0 Å². The molecule has 0 radical (unpaired) electrons. The van der Waals surface area contributed by atoms with Crippen LogP contribution in [0.5, 0.6) is 11.5 Å². The minimum Gasteiger partial charge on any atom is -0.508 e. The maximum absolute atomic E-state index is 13.7. The summed E-state index contributed by atoms with van der Waals surface area (Å²) < 4.78 is 43.1. The highest BCUT2D eigenvalue weighted by Gasteiger charge is 2.56. The second-order valence-electron chi connectivity index (χ2n) is 10.3. The first-order chi connectivity index (χ1) is 18.9. The molecule has 1 N–H and O–H groups in total. The standard InChI is InChI=1S/C29H22F3NO6S/c1-13-9-22(35)25-20(26(13)36)11-18-16(23(25)19-10-14(4-7-21(19)34)39-29(30,31)32)5-6-17-24(18)28(38)33(27(17)37)12-15-3-2-8-40-15/h2-5,7-10,17-18,23-24,34H,6,11-12H2,1H3/t17-,18+,23+,24-/m0/s1. The van der Waals surface area contributed by atoms with Gasteiger partial charge in [0, 0.05) is 33.1 Å². The topological polar surface area (TPSA) is 101 Å². The lowest BCUT2D eigenvalue weighted by atomic mass is 9.59. The lowest BCUT2D eigenvalue weighted by molar-refractivity contribution is -0.274. The van der Waals surface area contributed by atoms with E-state index in [0.717, 1.165) is 23.1 Å². The summed E-state index contributed by atoms with van der Waals surface area (Å²) in [6.45, 7) is 1.62. The fourth-order valence-electron chi connectivity index (χ4n) is 6.48. The number of hydrogen-bond donors (Lipinski definition) is 1. The zero-order valence-electron chi connectivity index (χ0n) is 21.0. The third-order valence-corrected chi connectivity index (χ3v) is 8.95. The Morgan fingerprint density at radius 1 is 1.10 bits per heavy atom. The molecular formula is C29H22F3NO6S. The predicted octanol–water partition coefficient (Wildman–Crippen LogP) is 4.98. The molecule has 7 nitrogen and oxygen atoms in total. The van der Waals surface area contributed by atoms with E-state index < -0.39 is 53.1 Å². The van der Waals surface area contributed by atoms with Gasteiger partial charge in [-0.05, 0) is 61.4 Å². The van der Waals surface area contributed by atoms with Crippen molar-refractivity contribution in [1.82, 2.24) is 4.90 Å². The van der Waals surface area contributed by atoms with Gasteiger partial charge < -0.3 is 9.84 Å². The Hall–Kier alpha value is -3.99. The summed E-state index contributed by atoms with van der Waals surface area (Å²) in [7, 11) is 0. The van der Waals surface area contributed by atoms with Crippen LogP contribution >= 0.6 is 11.3 Å². The van der Waals surface area contributed by atoms with E-state index in [1.807, 2.05) is 17.5 Å². The second kappa shape index (κ2) is 9.29. The number of amides is 2. The fourth-order valence-corrected chi connectivity index (χ4v) is 7.17. The minimum atomic E-state index is -5.00. The maximum Gasteiger partial charge on any atom is 0.573 e. The third-order valence-electron chi connectivity index (χ3n) is 8.09. The van der Waals surface area contributed by atoms with Crippen LogP contribution in [0.3, 0.4) is 0 Å². The third kappa shape index (κ3) is 4.19. The number of alkyl halides is 3. The van der Waals surface area contributed by atoms with Crippen molar-refractivity contribution in [3.05, 3.63) is 80.6 Å². The van der Waals surface area contributed by atoms with Gasteiger partial charge in [-0.15, -0.1) is 24.5 Å². The normalized spacial score (nSPS) is 26.4. The van der Waals surface area contributed by atoms with Crippen LogP contribution in [-0.4, -0.2) is 39.7 Å². The molecule has 4 aliphatic rings. The summed E-state index contributed by atoms with van der Waals surface area (Å²) in [5.41, 5.74) is 0.881. The molecule has 1 fully saturated rings. The number of benzene rings is 1. The number of Topliss-reactive ketones (excluding diaryl/α,β-unsaturated/α-hetero) is 1. The average Bonchev–Trinajstić information content (AvgIpc) is 3.49. The summed E-state index contributed by atoms with van der Waals surface area (Å²) in [6, 6.07) is 6.64. The first-order valence-corrected chi connectivity index (χ1v) is 13.5. The lowest BCUT2D eigenvalue weighted by Crippen LogP contribution is -2.39. The van der Waals surface area contributed by atoms with Crippen molar-refractivity contribution < 1.29 is 42.2 Å². The molecule has 1 aliphatic heterocycles. The van der Waals surface area contributed by atoms with Crippen molar-refractivity contribution in [3.8, 4) is 11.5 Å². The van der Waals surface area contributed by atoms with E-state index in [2.05, 4.69) is 4.74 Å². The van der Waals surface area contributed by atoms with Crippen LogP contribution in [-0.2, 0) is 25.7 Å². The smallest absolute Gasteiger partial charge is 0.508 e. The van der Waals surface area contributed by atoms with E-state index in [1.165, 1.54) is 29.2 Å². The molecule has 206 valence electrons. The number of phenols is 1.